The number of hydrogen-bond acceptors (Lipinski definition) is 2. The van der Waals surface area contributed by atoms with E-state index in [1.807, 2.05) is 36.4 Å². The molecule has 24 heavy (non-hydrogen) atoms. The average molecular weight is 321 g/mol. The maximum atomic E-state index is 12.1. The Labute approximate surface area is 143 Å². The van der Waals surface area contributed by atoms with Crippen LogP contribution in [0.25, 0.3) is 5.57 Å². The van der Waals surface area contributed by atoms with Crippen molar-refractivity contribution in [3.63, 3.8) is 0 Å². The van der Waals surface area contributed by atoms with Crippen LogP contribution in [-0.4, -0.2) is 12.1 Å². The Bertz CT molecular complexity index is 679. The molecule has 1 amide bonds. The molecule has 1 unspecified atom stereocenters. The van der Waals surface area contributed by atoms with Crippen molar-refractivity contribution in [2.45, 2.75) is 38.3 Å². The quantitative estimate of drug-likeness (QED) is 0.866. The highest BCUT2D eigenvalue weighted by Crippen LogP contribution is 2.26. The fourth-order valence-corrected chi connectivity index (χ4v) is 3.01. The first-order valence-electron chi connectivity index (χ1n) is 8.54. The molecule has 3 rings (SSSR count). The van der Waals surface area contributed by atoms with Crippen LogP contribution >= 0.6 is 0 Å². The molecular weight excluding hydrogens is 298 g/mol. The highest BCUT2D eigenvalue weighted by Gasteiger charge is 2.16. The zero-order valence-corrected chi connectivity index (χ0v) is 13.8. The maximum Gasteiger partial charge on any atom is 0.407 e. The van der Waals surface area contributed by atoms with E-state index in [1.165, 1.54) is 11.1 Å². The number of carbonyl (C=O) groups is 1. The van der Waals surface area contributed by atoms with Gasteiger partial charge in [0.2, 0.25) is 0 Å². The first-order valence-corrected chi connectivity index (χ1v) is 8.54. The number of amides is 1. The van der Waals surface area contributed by atoms with Crippen molar-refractivity contribution in [2.75, 3.05) is 0 Å². The van der Waals surface area contributed by atoms with Crippen LogP contribution in [0.4, 0.5) is 4.79 Å². The van der Waals surface area contributed by atoms with E-state index in [0.717, 1.165) is 31.2 Å². The highest BCUT2D eigenvalue weighted by molar-refractivity contribution is 5.70. The molecule has 0 radical (unpaired) electrons. The molecule has 0 heterocycles. The lowest BCUT2D eigenvalue weighted by molar-refractivity contribution is 0.137. The van der Waals surface area contributed by atoms with E-state index in [4.69, 9.17) is 4.74 Å². The molecular formula is C21H23NO2. The van der Waals surface area contributed by atoms with Gasteiger partial charge in [-0.1, -0.05) is 73.2 Å². The summed E-state index contributed by atoms with van der Waals surface area (Å²) in [6, 6.07) is 20.2. The van der Waals surface area contributed by atoms with Crippen molar-refractivity contribution in [3.8, 4) is 0 Å². The summed E-state index contributed by atoms with van der Waals surface area (Å²) >= 11 is 0. The second-order valence-corrected chi connectivity index (χ2v) is 6.12. The van der Waals surface area contributed by atoms with Gasteiger partial charge in [-0.2, -0.15) is 0 Å². The Hall–Kier alpha value is -2.55. The minimum absolute atomic E-state index is 0.0333. The van der Waals surface area contributed by atoms with E-state index in [0.29, 0.717) is 6.61 Å². The van der Waals surface area contributed by atoms with Gasteiger partial charge in [0.05, 0.1) is 6.04 Å². The van der Waals surface area contributed by atoms with Gasteiger partial charge in [-0.25, -0.2) is 4.79 Å². The number of benzene rings is 2. The predicted octanol–water partition coefficient (Wildman–Crippen LogP) is 4.94. The van der Waals surface area contributed by atoms with Crippen molar-refractivity contribution < 1.29 is 9.53 Å². The van der Waals surface area contributed by atoms with E-state index < -0.39 is 0 Å². The van der Waals surface area contributed by atoms with E-state index in [-0.39, 0.29) is 12.1 Å². The van der Waals surface area contributed by atoms with Gasteiger partial charge in [-0.15, -0.1) is 0 Å². The molecule has 0 bridgehead atoms. The summed E-state index contributed by atoms with van der Waals surface area (Å²) in [5, 5.41) is 2.99. The summed E-state index contributed by atoms with van der Waals surface area (Å²) in [7, 11) is 0. The highest BCUT2D eigenvalue weighted by atomic mass is 16.5. The molecule has 1 aliphatic rings. The third kappa shape index (κ3) is 4.72. The number of allylic oxidation sites excluding steroid dienone is 1. The molecule has 3 nitrogen and oxygen atoms in total. The average Bonchev–Trinajstić information content (AvgIpc) is 2.87. The smallest absolute Gasteiger partial charge is 0.407 e. The third-order valence-electron chi connectivity index (χ3n) is 4.27. The minimum atomic E-state index is -0.352. The molecule has 0 saturated carbocycles. The fraction of sp³-hybridized carbons (Fsp3) is 0.286. The normalized spacial score (nSPS) is 17.5. The van der Waals surface area contributed by atoms with Gasteiger partial charge >= 0.3 is 6.09 Å². The van der Waals surface area contributed by atoms with Crippen molar-refractivity contribution in [2.24, 2.45) is 0 Å². The molecule has 1 N–H and O–H groups in total. The summed E-state index contributed by atoms with van der Waals surface area (Å²) in [5.74, 6) is 0. The number of carbonyl (C=O) groups excluding carboxylic acids is 1. The molecule has 0 aliphatic heterocycles. The molecule has 1 aliphatic carbocycles. The van der Waals surface area contributed by atoms with Crippen molar-refractivity contribution in [1.29, 1.82) is 0 Å². The van der Waals surface area contributed by atoms with Gasteiger partial charge in [-0.3, -0.25) is 0 Å². The molecule has 0 fully saturated rings. The molecule has 0 spiro atoms. The molecule has 3 heteroatoms. The number of alkyl carbamates (subject to hydrolysis) is 1. The third-order valence-corrected chi connectivity index (χ3v) is 4.27. The van der Waals surface area contributed by atoms with E-state index >= 15 is 0 Å². The summed E-state index contributed by atoms with van der Waals surface area (Å²) < 4.78 is 5.33. The maximum absolute atomic E-state index is 12.1. The molecule has 1 atom stereocenters. The van der Waals surface area contributed by atoms with Crippen molar-refractivity contribution >= 4 is 11.7 Å². The second-order valence-electron chi connectivity index (χ2n) is 6.12. The van der Waals surface area contributed by atoms with Gasteiger partial charge in [0, 0.05) is 0 Å². The van der Waals surface area contributed by atoms with Crippen molar-refractivity contribution in [3.05, 3.63) is 77.9 Å². The van der Waals surface area contributed by atoms with E-state index in [2.05, 4.69) is 35.7 Å². The summed E-state index contributed by atoms with van der Waals surface area (Å²) in [6.45, 7) is 0.300. The summed E-state index contributed by atoms with van der Waals surface area (Å²) in [6.07, 6.45) is 6.10. The van der Waals surface area contributed by atoms with Crippen LogP contribution in [-0.2, 0) is 11.3 Å². The Morgan fingerprint density at radius 2 is 1.71 bits per heavy atom. The molecule has 2 aromatic rings. The zero-order valence-electron chi connectivity index (χ0n) is 13.8. The Morgan fingerprint density at radius 1 is 1.00 bits per heavy atom. The van der Waals surface area contributed by atoms with Crippen LogP contribution < -0.4 is 5.32 Å². The van der Waals surface area contributed by atoms with Gasteiger partial charge in [0.1, 0.15) is 6.61 Å². The van der Waals surface area contributed by atoms with Gasteiger partial charge in [-0.05, 0) is 36.0 Å². The molecule has 0 aromatic heterocycles. The lowest BCUT2D eigenvalue weighted by Crippen LogP contribution is -2.33. The van der Waals surface area contributed by atoms with Crippen LogP contribution in [0.1, 0.15) is 36.8 Å². The predicted molar refractivity (Wildman–Crippen MR) is 96.4 cm³/mol. The topological polar surface area (TPSA) is 38.3 Å². The first kappa shape index (κ1) is 16.3. The zero-order chi connectivity index (χ0) is 16.6. The SMILES string of the molecule is O=C(NC1C=C(c2ccccc2)CCCC1)OCc1ccccc1. The second kappa shape index (κ2) is 8.34. The first-order chi connectivity index (χ1) is 11.8. The minimum Gasteiger partial charge on any atom is -0.445 e. The van der Waals surface area contributed by atoms with E-state index in [9.17, 15) is 4.79 Å². The Balaban J connectivity index is 1.59. The number of nitrogens with one attached hydrogen (secondary N) is 1. The number of rotatable bonds is 4. The van der Waals surface area contributed by atoms with Gasteiger partial charge in [0.15, 0.2) is 0 Å². The lowest BCUT2D eigenvalue weighted by Gasteiger charge is -2.15. The molecule has 2 aromatic carbocycles. The van der Waals surface area contributed by atoms with Crippen molar-refractivity contribution in [1.82, 2.24) is 5.32 Å². The summed E-state index contributed by atoms with van der Waals surface area (Å²) in [4.78, 5) is 12.1. The van der Waals surface area contributed by atoms with Crippen LogP contribution in [0.5, 0.6) is 0 Å². The number of hydrogen-bond donors (Lipinski definition) is 1. The Kier molecular flexibility index (Phi) is 5.67. The van der Waals surface area contributed by atoms with Crippen LogP contribution in [0, 0.1) is 0 Å². The lowest BCUT2D eigenvalue weighted by atomic mass is 10.0. The van der Waals surface area contributed by atoms with E-state index in [1.54, 1.807) is 0 Å². The van der Waals surface area contributed by atoms with Crippen LogP contribution in [0.2, 0.25) is 0 Å². The Morgan fingerprint density at radius 3 is 2.46 bits per heavy atom. The number of ether oxygens (including phenoxy) is 1. The molecule has 124 valence electrons. The fourth-order valence-electron chi connectivity index (χ4n) is 3.01. The van der Waals surface area contributed by atoms with Crippen LogP contribution in [0.15, 0.2) is 66.7 Å². The monoisotopic (exact) mass is 321 g/mol. The van der Waals surface area contributed by atoms with Crippen LogP contribution in [0.3, 0.4) is 0 Å². The largest absolute Gasteiger partial charge is 0.445 e. The van der Waals surface area contributed by atoms with Gasteiger partial charge in [0.25, 0.3) is 0 Å². The molecule has 0 saturated heterocycles. The summed E-state index contributed by atoms with van der Waals surface area (Å²) in [5.41, 5.74) is 3.54. The standard InChI is InChI=1S/C21H23NO2/c23-21(24-16-17-9-3-1-4-10-17)22-20-14-8-7-13-19(15-20)18-11-5-2-6-12-18/h1-6,9-12,15,20H,7-8,13-14,16H2,(H,22,23). The van der Waals surface area contributed by atoms with Gasteiger partial charge < -0.3 is 10.1 Å².